The number of fused-ring (bicyclic) bond motifs is 1. The fourth-order valence-corrected chi connectivity index (χ4v) is 9.60. The first-order valence-electron chi connectivity index (χ1n) is 15.8. The van der Waals surface area contributed by atoms with Gasteiger partial charge in [-0.05, 0) is 63.6 Å². The van der Waals surface area contributed by atoms with Gasteiger partial charge in [-0.25, -0.2) is 8.42 Å². The van der Waals surface area contributed by atoms with Gasteiger partial charge >= 0.3 is 0 Å². The normalized spacial score (nSPS) is 17.2. The summed E-state index contributed by atoms with van der Waals surface area (Å²) in [7, 11) is -4.04. The first-order valence-corrected chi connectivity index (χ1v) is 19.2. The Balaban J connectivity index is 1.31. The first kappa shape index (κ1) is 31.1. The van der Waals surface area contributed by atoms with E-state index in [1.165, 1.54) is 25.9 Å². The number of sulfonamides is 1. The fraction of sp³-hybridized carbons (Fsp3) is 0.237. The molecule has 1 amide bonds. The van der Waals surface area contributed by atoms with Gasteiger partial charge in [0.2, 0.25) is 10.0 Å². The van der Waals surface area contributed by atoms with Crippen molar-refractivity contribution in [3.63, 3.8) is 0 Å². The van der Waals surface area contributed by atoms with E-state index in [1.54, 1.807) is 11.1 Å². The molecule has 2 aliphatic rings. The summed E-state index contributed by atoms with van der Waals surface area (Å²) >= 11 is 0. The van der Waals surface area contributed by atoms with E-state index < -0.39 is 26.3 Å². The number of hydrogen-bond donors (Lipinski definition) is 1. The van der Waals surface area contributed by atoms with Gasteiger partial charge in [-0.15, -0.1) is 0 Å². The molecule has 1 saturated heterocycles. The summed E-state index contributed by atoms with van der Waals surface area (Å²) in [5.41, 5.74) is 4.86. The van der Waals surface area contributed by atoms with E-state index in [2.05, 4.69) is 72.8 Å². The molecule has 1 saturated carbocycles. The van der Waals surface area contributed by atoms with Crippen LogP contribution < -0.4 is 0 Å². The van der Waals surface area contributed by atoms with Crippen molar-refractivity contribution in [2.75, 3.05) is 32.4 Å². The number of amides is 1. The summed E-state index contributed by atoms with van der Waals surface area (Å²) in [6.45, 7) is 1.15. The van der Waals surface area contributed by atoms with E-state index in [1.807, 2.05) is 36.4 Å². The molecule has 4 aromatic carbocycles. The number of carbonyl (C=O) groups is 1. The van der Waals surface area contributed by atoms with Crippen LogP contribution in [-0.2, 0) is 21.2 Å². The van der Waals surface area contributed by atoms with Gasteiger partial charge in [0.15, 0.2) is 0 Å². The summed E-state index contributed by atoms with van der Waals surface area (Å²) in [6, 6.07) is 38.1. The molecule has 2 heterocycles. The smallest absolute Gasteiger partial charge is 0.256 e. The highest BCUT2D eigenvalue weighted by Crippen LogP contribution is 2.49. The Bertz CT molecular complexity index is 2090. The van der Waals surface area contributed by atoms with Gasteiger partial charge in [-0.1, -0.05) is 78.9 Å². The zero-order chi connectivity index (χ0) is 32.6. The lowest BCUT2D eigenvalue weighted by molar-refractivity contribution is 0.0699. The molecule has 2 fully saturated rings. The molecule has 9 heteroatoms. The predicted octanol–water partition coefficient (Wildman–Crippen LogP) is 6.79. The van der Waals surface area contributed by atoms with Crippen LogP contribution in [0, 0.1) is 11.3 Å². The van der Waals surface area contributed by atoms with Crippen LogP contribution >= 0.6 is 10.9 Å². The maximum atomic E-state index is 14.1. The highest BCUT2D eigenvalue weighted by atomic mass is 32.2. The topological polar surface area (TPSA) is 94.4 Å². The van der Waals surface area contributed by atoms with Crippen molar-refractivity contribution in [1.29, 1.82) is 5.26 Å². The van der Waals surface area contributed by atoms with E-state index in [9.17, 15) is 18.5 Å². The molecule has 1 aromatic heterocycles. The third kappa shape index (κ3) is 6.29. The van der Waals surface area contributed by atoms with Gasteiger partial charge in [-0.3, -0.25) is 9.78 Å². The molecule has 47 heavy (non-hydrogen) atoms. The minimum Gasteiger partial charge on any atom is -0.336 e. The van der Waals surface area contributed by atoms with Crippen molar-refractivity contribution in [3.05, 3.63) is 126 Å². The lowest BCUT2D eigenvalue weighted by atomic mass is 9.91. The van der Waals surface area contributed by atoms with Gasteiger partial charge in [0.25, 0.3) is 5.91 Å². The molecular formula is C38H36N4O3S2. The number of carbonyl (C=O) groups excluding carboxylic acids is 1. The van der Waals surface area contributed by atoms with Crippen LogP contribution in [0.2, 0.25) is 0 Å². The molecule has 0 spiro atoms. The summed E-state index contributed by atoms with van der Waals surface area (Å²) < 4.78 is 25.6. The molecule has 0 radical (unpaired) electrons. The average molecular weight is 661 g/mol. The predicted molar refractivity (Wildman–Crippen MR) is 188 cm³/mol. The lowest BCUT2D eigenvalue weighted by Crippen LogP contribution is -2.50. The summed E-state index contributed by atoms with van der Waals surface area (Å²) in [5, 5.41) is 10.6. The molecule has 5 aromatic rings. The van der Waals surface area contributed by atoms with Crippen molar-refractivity contribution >= 4 is 37.7 Å². The Hall–Kier alpha value is -4.49. The number of thiol groups is 1. The van der Waals surface area contributed by atoms with E-state index >= 15 is 0 Å². The maximum absolute atomic E-state index is 14.1. The molecule has 238 valence electrons. The van der Waals surface area contributed by atoms with Crippen LogP contribution in [0.25, 0.3) is 22.0 Å². The van der Waals surface area contributed by atoms with Gasteiger partial charge < -0.3 is 4.90 Å². The van der Waals surface area contributed by atoms with Gasteiger partial charge in [0.1, 0.15) is 0 Å². The van der Waals surface area contributed by atoms with E-state index in [0.717, 1.165) is 46.2 Å². The Kier molecular flexibility index (Phi) is 8.35. The third-order valence-corrected chi connectivity index (χ3v) is 13.1. The standard InChI is InChI=1S/C38H36N4O3S2/c1-47(44,45)42-22-20-41(21-23-42)37(43)34-25-40-35-24-32(46(31-10-6-3-7-11-31)26-28-8-4-2-5-9-28)16-17-33(35)36(34)29-12-14-30(15-13-29)38(27-39)18-19-38/h2-17,24-25,46H,18-23,26H2,1H3. The maximum Gasteiger partial charge on any atom is 0.256 e. The SMILES string of the molecule is CS(=O)(=O)N1CCN(C(=O)c2cnc3cc([SH](Cc4ccccc4)c4ccccc4)ccc3c2-c2ccc(C3(C#N)CC3)cc2)CC1. The zero-order valence-electron chi connectivity index (χ0n) is 26.2. The Morgan fingerprint density at radius 2 is 1.53 bits per heavy atom. The van der Waals surface area contributed by atoms with Crippen LogP contribution in [0.3, 0.4) is 0 Å². The van der Waals surface area contributed by atoms with Crippen molar-refractivity contribution in [2.45, 2.75) is 33.8 Å². The second-order valence-corrected chi connectivity index (χ2v) is 16.6. The minimum absolute atomic E-state index is 0.165. The molecule has 7 rings (SSSR count). The summed E-state index contributed by atoms with van der Waals surface area (Å²) in [5.74, 6) is 0.735. The lowest BCUT2D eigenvalue weighted by Gasteiger charge is -2.33. The van der Waals surface area contributed by atoms with Gasteiger partial charge in [-0.2, -0.15) is 20.5 Å². The Labute approximate surface area is 278 Å². The average Bonchev–Trinajstić information content (AvgIpc) is 3.92. The van der Waals surface area contributed by atoms with Crippen molar-refractivity contribution < 1.29 is 13.2 Å². The second kappa shape index (κ2) is 12.6. The van der Waals surface area contributed by atoms with Crippen LogP contribution in [0.1, 0.15) is 34.3 Å². The van der Waals surface area contributed by atoms with Crippen LogP contribution in [0.4, 0.5) is 0 Å². The largest absolute Gasteiger partial charge is 0.336 e. The minimum atomic E-state index is -3.32. The molecule has 0 bridgehead atoms. The molecule has 1 unspecified atom stereocenters. The number of aromatic nitrogens is 1. The zero-order valence-corrected chi connectivity index (χ0v) is 27.9. The number of hydrogen-bond acceptors (Lipinski definition) is 5. The molecule has 1 aliphatic heterocycles. The Morgan fingerprint density at radius 1 is 0.872 bits per heavy atom. The molecule has 1 aliphatic carbocycles. The highest BCUT2D eigenvalue weighted by Gasteiger charge is 2.44. The van der Waals surface area contributed by atoms with E-state index in [0.29, 0.717) is 18.7 Å². The summed E-state index contributed by atoms with van der Waals surface area (Å²) in [6.07, 6.45) is 4.61. The van der Waals surface area contributed by atoms with Crippen molar-refractivity contribution in [2.24, 2.45) is 0 Å². The molecular weight excluding hydrogens is 625 g/mol. The molecule has 7 nitrogen and oxygen atoms in total. The van der Waals surface area contributed by atoms with Gasteiger partial charge in [0.05, 0.1) is 28.8 Å². The Morgan fingerprint density at radius 3 is 2.15 bits per heavy atom. The first-order chi connectivity index (χ1) is 22.8. The molecule has 1 atom stereocenters. The highest BCUT2D eigenvalue weighted by molar-refractivity contribution is 8.16. The van der Waals surface area contributed by atoms with Crippen molar-refractivity contribution in [3.8, 4) is 17.2 Å². The second-order valence-electron chi connectivity index (χ2n) is 12.4. The number of nitrogens with zero attached hydrogens (tertiary/aromatic N) is 4. The van der Waals surface area contributed by atoms with Crippen LogP contribution in [0.5, 0.6) is 0 Å². The number of nitriles is 1. The monoisotopic (exact) mass is 660 g/mol. The quantitative estimate of drug-likeness (QED) is 0.185. The fourth-order valence-electron chi connectivity index (χ4n) is 6.47. The van der Waals surface area contributed by atoms with Crippen LogP contribution in [-0.4, -0.2) is 60.9 Å². The number of benzene rings is 4. The summed E-state index contributed by atoms with van der Waals surface area (Å²) in [4.78, 5) is 23.2. The molecule has 0 N–H and O–H groups in total. The van der Waals surface area contributed by atoms with Gasteiger partial charge in [0, 0.05) is 49.1 Å². The van der Waals surface area contributed by atoms with E-state index in [4.69, 9.17) is 4.98 Å². The number of piperazine rings is 1. The third-order valence-electron chi connectivity index (χ3n) is 9.33. The van der Waals surface area contributed by atoms with Crippen molar-refractivity contribution in [1.82, 2.24) is 14.2 Å². The van der Waals surface area contributed by atoms with Crippen LogP contribution in [0.15, 0.2) is 119 Å². The number of rotatable bonds is 8. The number of pyridine rings is 1. The van der Waals surface area contributed by atoms with E-state index in [-0.39, 0.29) is 19.0 Å².